The van der Waals surface area contributed by atoms with Crippen LogP contribution in [0.3, 0.4) is 0 Å². The summed E-state index contributed by atoms with van der Waals surface area (Å²) in [6, 6.07) is 6.95. The Morgan fingerprint density at radius 2 is 2.22 bits per heavy atom. The second-order valence-electron chi connectivity index (χ2n) is 4.59. The number of hydrogen-bond donors (Lipinski definition) is 1. The molecule has 0 saturated heterocycles. The van der Waals surface area contributed by atoms with E-state index >= 15 is 0 Å². The van der Waals surface area contributed by atoms with Crippen LogP contribution in [0.25, 0.3) is 5.69 Å². The number of imidazole rings is 1. The molecule has 0 spiro atoms. The van der Waals surface area contributed by atoms with E-state index in [2.05, 4.69) is 77.8 Å². The van der Waals surface area contributed by atoms with E-state index in [9.17, 15) is 0 Å². The third-order valence-corrected chi connectivity index (χ3v) is 4.21. The fourth-order valence-electron chi connectivity index (χ4n) is 1.87. The van der Waals surface area contributed by atoms with E-state index in [1.165, 1.54) is 16.4 Å². The van der Waals surface area contributed by atoms with Crippen molar-refractivity contribution in [1.82, 2.24) is 9.55 Å². The lowest BCUT2D eigenvalue weighted by Gasteiger charge is -2.11. The van der Waals surface area contributed by atoms with Crippen molar-refractivity contribution < 1.29 is 0 Å². The van der Waals surface area contributed by atoms with Gasteiger partial charge in [-0.15, -0.1) is 0 Å². The van der Waals surface area contributed by atoms with Gasteiger partial charge in [-0.25, -0.2) is 4.98 Å². The molecule has 1 aromatic carbocycles. The van der Waals surface area contributed by atoms with Crippen LogP contribution in [0.2, 0.25) is 0 Å². The normalized spacial score (nSPS) is 14.8. The highest BCUT2D eigenvalue weighted by atomic mass is 127. The Bertz CT molecular complexity index is 590. The summed E-state index contributed by atoms with van der Waals surface area (Å²) in [6.07, 6.45) is 4.57. The first-order chi connectivity index (χ1) is 8.63. The van der Waals surface area contributed by atoms with Gasteiger partial charge in [-0.3, -0.25) is 4.57 Å². The van der Waals surface area contributed by atoms with Gasteiger partial charge in [0.2, 0.25) is 5.95 Å². The van der Waals surface area contributed by atoms with Crippen molar-refractivity contribution in [2.24, 2.45) is 0 Å². The van der Waals surface area contributed by atoms with E-state index in [0.717, 1.165) is 21.8 Å². The van der Waals surface area contributed by atoms with Gasteiger partial charge in [0.25, 0.3) is 0 Å². The van der Waals surface area contributed by atoms with Crippen LogP contribution in [0, 0.1) is 10.5 Å². The molecule has 0 amide bonds. The molecule has 1 fully saturated rings. The molecule has 1 heterocycles. The fraction of sp³-hybridized carbons (Fsp3) is 0.308. The lowest BCUT2D eigenvalue weighted by Crippen LogP contribution is -2.08. The highest BCUT2D eigenvalue weighted by molar-refractivity contribution is 14.1. The average Bonchev–Trinajstić information content (AvgIpc) is 3.03. The topological polar surface area (TPSA) is 29.9 Å². The minimum atomic E-state index is 0.605. The summed E-state index contributed by atoms with van der Waals surface area (Å²) in [4.78, 5) is 4.56. The van der Waals surface area contributed by atoms with Crippen molar-refractivity contribution in [3.05, 3.63) is 38.1 Å². The Balaban J connectivity index is 2.03. The van der Waals surface area contributed by atoms with Gasteiger partial charge in [0.15, 0.2) is 0 Å². The first kappa shape index (κ1) is 12.5. The molecule has 3 rings (SSSR count). The van der Waals surface area contributed by atoms with Crippen molar-refractivity contribution in [1.29, 1.82) is 0 Å². The monoisotopic (exact) mass is 417 g/mol. The predicted octanol–water partition coefficient (Wildman–Crippen LogP) is 4.12. The van der Waals surface area contributed by atoms with Gasteiger partial charge >= 0.3 is 0 Å². The summed E-state index contributed by atoms with van der Waals surface area (Å²) in [7, 11) is 0. The van der Waals surface area contributed by atoms with Crippen molar-refractivity contribution in [3.8, 4) is 5.69 Å². The van der Waals surface area contributed by atoms with Crippen LogP contribution in [0.1, 0.15) is 18.5 Å². The smallest absolute Gasteiger partial charge is 0.207 e. The van der Waals surface area contributed by atoms with E-state index in [0.29, 0.717) is 6.04 Å². The van der Waals surface area contributed by atoms with Crippen LogP contribution in [0.15, 0.2) is 28.9 Å². The number of nitrogens with zero attached hydrogens (tertiary/aromatic N) is 2. The SMILES string of the molecule is Cc1cn(-c2ccc(I)cc2Br)c(NC2CC2)n1. The Morgan fingerprint density at radius 3 is 2.89 bits per heavy atom. The standard InChI is InChI=1S/C13H13BrIN3/c1-8-7-18(13(16-8)17-10-3-4-10)12-5-2-9(15)6-11(12)14/h2,5-7,10H,3-4H2,1H3,(H,16,17). The van der Waals surface area contributed by atoms with Crippen molar-refractivity contribution in [2.45, 2.75) is 25.8 Å². The highest BCUT2D eigenvalue weighted by Crippen LogP contribution is 2.29. The van der Waals surface area contributed by atoms with Gasteiger partial charge in [-0.1, -0.05) is 0 Å². The van der Waals surface area contributed by atoms with Gasteiger partial charge in [0.1, 0.15) is 0 Å². The van der Waals surface area contributed by atoms with Crippen LogP contribution in [-0.4, -0.2) is 15.6 Å². The van der Waals surface area contributed by atoms with Crippen LogP contribution in [0.5, 0.6) is 0 Å². The van der Waals surface area contributed by atoms with Crippen LogP contribution >= 0.6 is 38.5 Å². The number of aryl methyl sites for hydroxylation is 1. The molecule has 0 aliphatic heterocycles. The summed E-state index contributed by atoms with van der Waals surface area (Å²) in [5.74, 6) is 0.942. The molecule has 18 heavy (non-hydrogen) atoms. The van der Waals surface area contributed by atoms with Gasteiger partial charge < -0.3 is 5.32 Å². The van der Waals surface area contributed by atoms with E-state index < -0.39 is 0 Å². The van der Waals surface area contributed by atoms with Gasteiger partial charge in [0, 0.05) is 20.3 Å². The first-order valence-corrected chi connectivity index (χ1v) is 7.78. The molecule has 1 N–H and O–H groups in total. The maximum absolute atomic E-state index is 4.56. The minimum Gasteiger partial charge on any atom is -0.353 e. The third-order valence-electron chi connectivity index (χ3n) is 2.91. The second kappa shape index (κ2) is 4.85. The van der Waals surface area contributed by atoms with Crippen molar-refractivity contribution in [3.63, 3.8) is 0 Å². The third kappa shape index (κ3) is 2.56. The molecular weight excluding hydrogens is 405 g/mol. The summed E-state index contributed by atoms with van der Waals surface area (Å²) in [6.45, 7) is 2.02. The molecular formula is C13H13BrIN3. The number of hydrogen-bond acceptors (Lipinski definition) is 2. The zero-order valence-corrected chi connectivity index (χ0v) is 13.7. The quantitative estimate of drug-likeness (QED) is 0.761. The number of benzene rings is 1. The molecule has 5 heteroatoms. The lowest BCUT2D eigenvalue weighted by molar-refractivity contribution is 0.998. The van der Waals surface area contributed by atoms with Crippen LogP contribution in [-0.2, 0) is 0 Å². The van der Waals surface area contributed by atoms with E-state index in [-0.39, 0.29) is 0 Å². The summed E-state index contributed by atoms with van der Waals surface area (Å²) < 4.78 is 4.43. The van der Waals surface area contributed by atoms with Crippen molar-refractivity contribution in [2.75, 3.05) is 5.32 Å². The zero-order valence-electron chi connectivity index (χ0n) is 9.95. The fourth-order valence-corrected chi connectivity index (χ4v) is 3.36. The highest BCUT2D eigenvalue weighted by Gasteiger charge is 2.23. The molecule has 94 valence electrons. The van der Waals surface area contributed by atoms with Crippen LogP contribution < -0.4 is 5.32 Å². The maximum Gasteiger partial charge on any atom is 0.207 e. The number of halogens is 2. The van der Waals surface area contributed by atoms with Gasteiger partial charge in [0.05, 0.1) is 11.4 Å². The Kier molecular flexibility index (Phi) is 3.36. The van der Waals surface area contributed by atoms with Gasteiger partial charge in [-0.2, -0.15) is 0 Å². The Labute approximate surface area is 128 Å². The van der Waals surface area contributed by atoms with Crippen molar-refractivity contribution >= 4 is 44.5 Å². The minimum absolute atomic E-state index is 0.605. The van der Waals surface area contributed by atoms with E-state index in [4.69, 9.17) is 0 Å². The largest absolute Gasteiger partial charge is 0.353 e. The van der Waals surface area contributed by atoms with E-state index in [1.54, 1.807) is 0 Å². The van der Waals surface area contributed by atoms with Crippen LogP contribution in [0.4, 0.5) is 5.95 Å². The average molecular weight is 418 g/mol. The lowest BCUT2D eigenvalue weighted by atomic mass is 10.3. The Hall–Kier alpha value is -0.560. The molecule has 1 saturated carbocycles. The first-order valence-electron chi connectivity index (χ1n) is 5.91. The molecule has 0 radical (unpaired) electrons. The molecule has 1 aliphatic rings. The molecule has 3 nitrogen and oxygen atoms in total. The Morgan fingerprint density at radius 1 is 1.44 bits per heavy atom. The number of anilines is 1. The maximum atomic E-state index is 4.56. The molecule has 1 aliphatic carbocycles. The molecule has 0 atom stereocenters. The molecule has 0 bridgehead atoms. The zero-order chi connectivity index (χ0) is 12.7. The molecule has 2 aromatic rings. The number of rotatable bonds is 3. The summed E-state index contributed by atoms with van der Waals surface area (Å²) in [5.41, 5.74) is 2.16. The summed E-state index contributed by atoms with van der Waals surface area (Å²) >= 11 is 5.94. The van der Waals surface area contributed by atoms with Gasteiger partial charge in [-0.05, 0) is 76.5 Å². The summed E-state index contributed by atoms with van der Waals surface area (Å²) in [5, 5.41) is 3.47. The second-order valence-corrected chi connectivity index (χ2v) is 6.69. The predicted molar refractivity (Wildman–Crippen MR) is 85.4 cm³/mol. The van der Waals surface area contributed by atoms with E-state index in [1.807, 2.05) is 6.92 Å². The molecule has 0 unspecified atom stereocenters. The number of nitrogens with one attached hydrogen (secondary N) is 1. The number of aromatic nitrogens is 2. The molecule has 1 aromatic heterocycles.